The number of aldehydes is 1. The Hall–Kier alpha value is -2.28. The summed E-state index contributed by atoms with van der Waals surface area (Å²) in [5, 5.41) is 1.87. The molecule has 0 fully saturated rings. The Morgan fingerprint density at radius 3 is 2.86 bits per heavy atom. The van der Waals surface area contributed by atoms with Gasteiger partial charge in [0.05, 0.1) is 5.70 Å². The Morgan fingerprint density at radius 2 is 2.29 bits per heavy atom. The largest absolute Gasteiger partial charge is 0.677 e. The van der Waals surface area contributed by atoms with E-state index in [1.807, 2.05) is 17.5 Å². The first-order valence-corrected chi connectivity index (χ1v) is 7.03. The van der Waals surface area contributed by atoms with Crippen LogP contribution in [0.1, 0.15) is 20.9 Å². The van der Waals surface area contributed by atoms with Gasteiger partial charge in [-0.1, -0.05) is 6.07 Å². The van der Waals surface area contributed by atoms with E-state index in [4.69, 9.17) is 0 Å². The molecule has 0 amide bonds. The lowest BCUT2D eigenvalue weighted by atomic mass is 10.1. The van der Waals surface area contributed by atoms with Crippen molar-refractivity contribution < 1.29 is 13.4 Å². The summed E-state index contributed by atoms with van der Waals surface area (Å²) in [4.78, 5) is 15.9. The predicted molar refractivity (Wildman–Crippen MR) is 81.2 cm³/mol. The van der Waals surface area contributed by atoms with Gasteiger partial charge in [-0.25, -0.2) is 0 Å². The highest BCUT2D eigenvalue weighted by Gasteiger charge is 2.25. The second-order valence-corrected chi connectivity index (χ2v) is 5.28. The molecule has 0 aliphatic carbocycles. The smallest absolute Gasteiger partial charge is 0.331 e. The van der Waals surface area contributed by atoms with Crippen molar-refractivity contribution in [3.63, 3.8) is 0 Å². The molecule has 7 heteroatoms. The number of halogens is 2. The molecule has 0 atom stereocenters. The van der Waals surface area contributed by atoms with Crippen molar-refractivity contribution in [2.24, 2.45) is 4.99 Å². The molecular weight excluding hydrogens is 293 g/mol. The quantitative estimate of drug-likeness (QED) is 0.628. The summed E-state index contributed by atoms with van der Waals surface area (Å²) in [6, 6.07) is 5.15. The third-order valence-corrected chi connectivity index (χ3v) is 3.94. The number of carbonyl (C=O) groups is 1. The van der Waals surface area contributed by atoms with Gasteiger partial charge >= 0.3 is 7.40 Å². The van der Waals surface area contributed by atoms with E-state index in [0.29, 0.717) is 17.6 Å². The van der Waals surface area contributed by atoms with E-state index in [0.717, 1.165) is 15.6 Å². The minimum atomic E-state index is -2.72. The van der Waals surface area contributed by atoms with E-state index in [9.17, 15) is 13.4 Å². The summed E-state index contributed by atoms with van der Waals surface area (Å²) < 4.78 is 27.3. The van der Waals surface area contributed by atoms with E-state index in [1.54, 1.807) is 18.4 Å². The van der Waals surface area contributed by atoms with Gasteiger partial charge in [0, 0.05) is 34.1 Å². The van der Waals surface area contributed by atoms with Gasteiger partial charge < -0.3 is 4.48 Å². The molecular formula is C14H9BF2N2OS. The predicted octanol–water partition coefficient (Wildman–Crippen LogP) is 3.53. The Morgan fingerprint density at radius 1 is 1.43 bits per heavy atom. The molecule has 3 heterocycles. The Kier molecular flexibility index (Phi) is 3.66. The maximum atomic E-state index is 13.2. The van der Waals surface area contributed by atoms with Gasteiger partial charge in [-0.2, -0.15) is 0 Å². The van der Waals surface area contributed by atoms with Gasteiger partial charge in [-0.15, -0.1) is 11.3 Å². The van der Waals surface area contributed by atoms with Crippen molar-refractivity contribution in [1.82, 2.24) is 4.48 Å². The summed E-state index contributed by atoms with van der Waals surface area (Å²) in [6.07, 6.45) is 6.84. The summed E-state index contributed by atoms with van der Waals surface area (Å²) in [7, 11) is -2.72. The molecule has 21 heavy (non-hydrogen) atoms. The summed E-state index contributed by atoms with van der Waals surface area (Å²) >= 11 is 1.44. The number of carbonyl (C=O) groups excluding carboxylic acids is 1. The van der Waals surface area contributed by atoms with E-state index >= 15 is 0 Å². The summed E-state index contributed by atoms with van der Waals surface area (Å²) in [5.41, 5.74) is 1.71. The van der Waals surface area contributed by atoms with Crippen molar-refractivity contribution in [3.05, 3.63) is 63.8 Å². The number of nitrogens with zero attached hydrogens (tertiary/aromatic N) is 2. The summed E-state index contributed by atoms with van der Waals surface area (Å²) in [6.45, 7) is 0. The van der Waals surface area contributed by atoms with E-state index in [1.165, 1.54) is 17.4 Å². The zero-order valence-electron chi connectivity index (χ0n) is 10.7. The topological polar surface area (TPSA) is 34.4 Å². The van der Waals surface area contributed by atoms with Crippen LogP contribution in [0.15, 0.2) is 52.6 Å². The molecule has 0 saturated heterocycles. The van der Waals surface area contributed by atoms with E-state index in [2.05, 4.69) is 4.99 Å². The molecule has 104 valence electrons. The molecule has 3 nitrogen and oxygen atoms in total. The molecule has 0 bridgehead atoms. The number of hydrogen-bond donors (Lipinski definition) is 0. The van der Waals surface area contributed by atoms with Crippen molar-refractivity contribution in [2.45, 2.75) is 0 Å². The average Bonchev–Trinajstić information content (AvgIpc) is 3.21. The molecule has 0 N–H and O–H groups in total. The Balaban J connectivity index is 2.26. The molecule has 2 aromatic rings. The van der Waals surface area contributed by atoms with Gasteiger partial charge in [0.1, 0.15) is 0 Å². The highest BCUT2D eigenvalue weighted by molar-refractivity contribution is 7.11. The highest BCUT2D eigenvalue weighted by atomic mass is 32.1. The van der Waals surface area contributed by atoms with Gasteiger partial charge in [-0.05, 0) is 29.7 Å². The van der Waals surface area contributed by atoms with Crippen LogP contribution in [0.2, 0.25) is 0 Å². The normalized spacial score (nSPS) is 15.5. The number of aromatic nitrogens is 1. The first kappa shape index (κ1) is 13.7. The van der Waals surface area contributed by atoms with Gasteiger partial charge in [0.15, 0.2) is 6.29 Å². The first-order chi connectivity index (χ1) is 10.2. The van der Waals surface area contributed by atoms with Crippen LogP contribution in [-0.2, 0) is 0 Å². The molecule has 0 aromatic carbocycles. The van der Waals surface area contributed by atoms with Crippen LogP contribution in [0, 0.1) is 0 Å². The number of hydrogen-bond acceptors (Lipinski definition) is 3. The zero-order valence-corrected chi connectivity index (χ0v) is 11.6. The lowest BCUT2D eigenvalue weighted by Crippen LogP contribution is -2.15. The maximum absolute atomic E-state index is 13.2. The van der Waals surface area contributed by atoms with Crippen LogP contribution in [-0.4, -0.2) is 24.4 Å². The monoisotopic (exact) mass is 302 g/mol. The molecule has 3 rings (SSSR count). The van der Waals surface area contributed by atoms with Gasteiger partial charge in [0.25, 0.3) is 0 Å². The fraction of sp³-hybridized carbons (Fsp3) is 0. The van der Waals surface area contributed by atoms with Crippen molar-refractivity contribution in [2.75, 3.05) is 0 Å². The van der Waals surface area contributed by atoms with Crippen molar-refractivity contribution in [3.8, 4) is 0 Å². The van der Waals surface area contributed by atoms with Crippen LogP contribution >= 0.6 is 11.3 Å². The molecule has 2 aromatic heterocycles. The van der Waals surface area contributed by atoms with Crippen LogP contribution in [0.25, 0.3) is 5.57 Å². The standard InChI is InChI=1S/C14H9BF2N2OS/c16-15(17)19-8-10(9-20)7-12(19)14(11-3-1-5-18-11)13-4-2-6-21-13/h1-9H/b14-11-. The lowest BCUT2D eigenvalue weighted by molar-refractivity contribution is 0.112. The molecule has 0 radical (unpaired) electrons. The average molecular weight is 302 g/mol. The third kappa shape index (κ3) is 2.52. The van der Waals surface area contributed by atoms with Crippen LogP contribution in [0.5, 0.6) is 0 Å². The highest BCUT2D eigenvalue weighted by Crippen LogP contribution is 2.33. The second-order valence-electron chi connectivity index (χ2n) is 4.34. The zero-order chi connectivity index (χ0) is 14.8. The molecule has 0 unspecified atom stereocenters. The first-order valence-electron chi connectivity index (χ1n) is 6.15. The summed E-state index contributed by atoms with van der Waals surface area (Å²) in [5.74, 6) is 0. The number of rotatable bonds is 4. The Bertz CT molecular complexity index is 746. The van der Waals surface area contributed by atoms with Gasteiger partial charge in [-0.3, -0.25) is 18.4 Å². The van der Waals surface area contributed by atoms with E-state index < -0.39 is 7.40 Å². The minimum absolute atomic E-state index is 0.214. The second kappa shape index (κ2) is 5.61. The molecule has 0 saturated carbocycles. The van der Waals surface area contributed by atoms with Gasteiger partial charge in [0.2, 0.25) is 0 Å². The number of thiophene rings is 1. The lowest BCUT2D eigenvalue weighted by Gasteiger charge is -2.10. The fourth-order valence-electron chi connectivity index (χ4n) is 2.18. The third-order valence-electron chi connectivity index (χ3n) is 3.05. The molecule has 1 aliphatic heterocycles. The van der Waals surface area contributed by atoms with Crippen LogP contribution in [0.3, 0.4) is 0 Å². The number of allylic oxidation sites excluding steroid dienone is 2. The Labute approximate surface area is 124 Å². The van der Waals surface area contributed by atoms with Crippen molar-refractivity contribution in [1.29, 1.82) is 0 Å². The SMILES string of the molecule is O=Cc1cc(/C(=C2\C=CC=N2)c2cccs2)n(B(F)F)c1. The van der Waals surface area contributed by atoms with Crippen LogP contribution in [0.4, 0.5) is 8.63 Å². The minimum Gasteiger partial charge on any atom is -0.331 e. The molecule has 0 spiro atoms. The van der Waals surface area contributed by atoms with E-state index in [-0.39, 0.29) is 11.3 Å². The van der Waals surface area contributed by atoms with Crippen LogP contribution < -0.4 is 0 Å². The van der Waals surface area contributed by atoms with Crippen molar-refractivity contribution >= 4 is 36.8 Å². The fourth-order valence-corrected chi connectivity index (χ4v) is 2.97. The maximum Gasteiger partial charge on any atom is 0.677 e. The number of aliphatic imine (C=N–C) groups is 1. The molecule has 1 aliphatic rings.